The number of nitrogens with zero attached hydrogens (tertiary/aromatic N) is 4. The monoisotopic (exact) mass is 390 g/mol. The summed E-state index contributed by atoms with van der Waals surface area (Å²) in [6.45, 7) is 6.22. The zero-order chi connectivity index (χ0) is 20.3. The molecule has 1 aliphatic heterocycles. The van der Waals surface area contributed by atoms with Crippen molar-refractivity contribution < 1.29 is 4.79 Å². The number of fused-ring (bicyclic) bond motifs is 4. The number of aromatic nitrogens is 5. The zero-order valence-corrected chi connectivity index (χ0v) is 16.6. The fourth-order valence-corrected chi connectivity index (χ4v) is 4.24. The second kappa shape index (κ2) is 6.30. The molecule has 0 bridgehead atoms. The second-order valence-corrected chi connectivity index (χ2v) is 7.69. The number of carbonyl (C=O) groups is 1. The number of aryl methyl sites for hydroxylation is 1. The van der Waals surface area contributed by atoms with Gasteiger partial charge in [-0.3, -0.25) is 14.7 Å². The third-order valence-corrected chi connectivity index (χ3v) is 5.98. The number of benzene rings is 1. The van der Waals surface area contributed by atoms with Crippen molar-refractivity contribution in [1.29, 1.82) is 0 Å². The Morgan fingerprint density at radius 2 is 2.03 bits per heavy atom. The summed E-state index contributed by atoms with van der Waals surface area (Å²) in [6.07, 6.45) is 0.912. The molecular formula is C21H22N6O2. The molecule has 0 fully saturated rings. The van der Waals surface area contributed by atoms with E-state index in [4.69, 9.17) is 0 Å². The summed E-state index contributed by atoms with van der Waals surface area (Å²) in [7, 11) is 0. The van der Waals surface area contributed by atoms with Crippen molar-refractivity contribution in [3.05, 3.63) is 63.0 Å². The van der Waals surface area contributed by atoms with E-state index >= 15 is 0 Å². The van der Waals surface area contributed by atoms with Gasteiger partial charge in [-0.05, 0) is 38.8 Å². The molecule has 1 aromatic carbocycles. The molecule has 148 valence electrons. The van der Waals surface area contributed by atoms with Crippen LogP contribution in [0.3, 0.4) is 0 Å². The number of H-pyrrole nitrogens is 2. The summed E-state index contributed by atoms with van der Waals surface area (Å²) in [5.74, 6) is 0.715. The van der Waals surface area contributed by atoms with E-state index in [-0.39, 0.29) is 23.9 Å². The van der Waals surface area contributed by atoms with Gasteiger partial charge < -0.3 is 9.88 Å². The first-order valence-corrected chi connectivity index (χ1v) is 9.78. The quantitative estimate of drug-likeness (QED) is 0.548. The van der Waals surface area contributed by atoms with Gasteiger partial charge in [0.25, 0.3) is 11.3 Å². The number of nitrogens with one attached hydrogen (secondary N) is 2. The van der Waals surface area contributed by atoms with Gasteiger partial charge in [-0.25, -0.2) is 4.98 Å². The summed E-state index contributed by atoms with van der Waals surface area (Å²) in [4.78, 5) is 39.5. The normalized spacial score (nSPS) is 16.5. The van der Waals surface area contributed by atoms with Crippen molar-refractivity contribution in [2.75, 3.05) is 6.54 Å². The van der Waals surface area contributed by atoms with Crippen LogP contribution in [-0.2, 0) is 17.6 Å². The van der Waals surface area contributed by atoms with E-state index in [9.17, 15) is 9.59 Å². The summed E-state index contributed by atoms with van der Waals surface area (Å²) >= 11 is 0. The number of hydrogen-bond donors (Lipinski definition) is 2. The van der Waals surface area contributed by atoms with Crippen LogP contribution in [0.1, 0.15) is 41.3 Å². The predicted octanol–water partition coefficient (Wildman–Crippen LogP) is 2.20. The highest BCUT2D eigenvalue weighted by atomic mass is 16.2. The molecule has 0 spiro atoms. The van der Waals surface area contributed by atoms with Crippen LogP contribution in [0.2, 0.25) is 0 Å². The maximum Gasteiger partial charge on any atom is 0.277 e. The Hall–Kier alpha value is -3.42. The fourth-order valence-electron chi connectivity index (χ4n) is 4.24. The number of para-hydroxylation sites is 1. The van der Waals surface area contributed by atoms with Crippen molar-refractivity contribution in [2.24, 2.45) is 0 Å². The maximum atomic E-state index is 13.0. The molecule has 5 rings (SSSR count). The molecule has 1 atom stereocenters. The molecule has 4 aromatic rings. The lowest BCUT2D eigenvalue weighted by Crippen LogP contribution is -2.39. The fraction of sp³-hybridized carbons (Fsp3) is 0.333. The number of amides is 1. The minimum absolute atomic E-state index is 0.0256. The van der Waals surface area contributed by atoms with Crippen LogP contribution in [-0.4, -0.2) is 41.9 Å². The molecule has 0 radical (unpaired) electrons. The average molecular weight is 390 g/mol. The molecule has 0 aliphatic carbocycles. The SMILES string of the molecule is Cc1nc2nc(CC(=O)N3CCc4c([nH]c5ccccc45)C3C)[nH]n2c(=O)c1C. The van der Waals surface area contributed by atoms with Crippen molar-refractivity contribution in [3.63, 3.8) is 0 Å². The minimum atomic E-state index is -0.187. The molecule has 8 heteroatoms. The lowest BCUT2D eigenvalue weighted by molar-refractivity contribution is -0.133. The molecule has 29 heavy (non-hydrogen) atoms. The molecule has 4 heterocycles. The van der Waals surface area contributed by atoms with E-state index in [2.05, 4.69) is 32.2 Å². The Kier molecular flexibility index (Phi) is 3.84. The highest BCUT2D eigenvalue weighted by molar-refractivity contribution is 5.86. The Bertz CT molecular complexity index is 1330. The summed E-state index contributed by atoms with van der Waals surface area (Å²) in [5, 5.41) is 4.16. The smallest absolute Gasteiger partial charge is 0.277 e. The largest absolute Gasteiger partial charge is 0.356 e. The lowest BCUT2D eigenvalue weighted by atomic mass is 9.98. The van der Waals surface area contributed by atoms with Gasteiger partial charge in [0, 0.05) is 34.4 Å². The molecular weight excluding hydrogens is 368 g/mol. The third kappa shape index (κ3) is 2.66. The van der Waals surface area contributed by atoms with Crippen molar-refractivity contribution in [3.8, 4) is 0 Å². The summed E-state index contributed by atoms with van der Waals surface area (Å²) < 4.78 is 1.31. The molecule has 1 aliphatic rings. The van der Waals surface area contributed by atoms with E-state index in [0.717, 1.165) is 17.6 Å². The van der Waals surface area contributed by atoms with Gasteiger partial charge in [-0.1, -0.05) is 18.2 Å². The van der Waals surface area contributed by atoms with E-state index in [0.29, 0.717) is 29.4 Å². The van der Waals surface area contributed by atoms with Crippen molar-refractivity contribution >= 4 is 22.6 Å². The lowest BCUT2D eigenvalue weighted by Gasteiger charge is -2.33. The third-order valence-electron chi connectivity index (χ3n) is 5.98. The van der Waals surface area contributed by atoms with Crippen LogP contribution < -0.4 is 5.56 Å². The minimum Gasteiger partial charge on any atom is -0.356 e. The van der Waals surface area contributed by atoms with Crippen LogP contribution in [0.4, 0.5) is 0 Å². The predicted molar refractivity (Wildman–Crippen MR) is 109 cm³/mol. The van der Waals surface area contributed by atoms with Crippen LogP contribution in [0, 0.1) is 13.8 Å². The van der Waals surface area contributed by atoms with Gasteiger partial charge in [-0.15, -0.1) is 0 Å². The number of hydrogen-bond acceptors (Lipinski definition) is 4. The Morgan fingerprint density at radius 3 is 2.86 bits per heavy atom. The van der Waals surface area contributed by atoms with E-state index in [1.54, 1.807) is 13.8 Å². The first-order valence-electron chi connectivity index (χ1n) is 9.78. The van der Waals surface area contributed by atoms with Crippen LogP contribution in [0.5, 0.6) is 0 Å². The van der Waals surface area contributed by atoms with Gasteiger partial charge in [0.1, 0.15) is 5.82 Å². The van der Waals surface area contributed by atoms with Gasteiger partial charge in [0.05, 0.1) is 12.5 Å². The van der Waals surface area contributed by atoms with Gasteiger partial charge in [0.15, 0.2) is 0 Å². The van der Waals surface area contributed by atoms with Gasteiger partial charge >= 0.3 is 0 Å². The highest BCUT2D eigenvalue weighted by Gasteiger charge is 2.30. The van der Waals surface area contributed by atoms with E-state index in [1.807, 2.05) is 24.0 Å². The van der Waals surface area contributed by atoms with Crippen molar-refractivity contribution in [1.82, 2.24) is 29.5 Å². The maximum absolute atomic E-state index is 13.0. The van der Waals surface area contributed by atoms with Crippen LogP contribution in [0.15, 0.2) is 29.1 Å². The molecule has 1 unspecified atom stereocenters. The molecule has 0 saturated heterocycles. The zero-order valence-electron chi connectivity index (χ0n) is 16.6. The van der Waals surface area contributed by atoms with Gasteiger partial charge in [0.2, 0.25) is 5.91 Å². The molecule has 8 nitrogen and oxygen atoms in total. The van der Waals surface area contributed by atoms with Crippen LogP contribution >= 0.6 is 0 Å². The Morgan fingerprint density at radius 1 is 1.24 bits per heavy atom. The average Bonchev–Trinajstić information content (AvgIpc) is 3.28. The van der Waals surface area contributed by atoms with Crippen molar-refractivity contribution in [2.45, 2.75) is 39.7 Å². The topological polar surface area (TPSA) is 99.2 Å². The second-order valence-electron chi connectivity index (χ2n) is 7.69. The van der Waals surface area contributed by atoms with E-state index in [1.165, 1.54) is 15.5 Å². The molecule has 1 amide bonds. The molecule has 0 saturated carbocycles. The summed E-state index contributed by atoms with van der Waals surface area (Å²) in [6, 6.07) is 8.19. The highest BCUT2D eigenvalue weighted by Crippen LogP contribution is 2.34. The van der Waals surface area contributed by atoms with Crippen LogP contribution in [0.25, 0.3) is 16.7 Å². The Labute approximate surface area is 166 Å². The Balaban J connectivity index is 1.43. The number of carbonyl (C=O) groups excluding carboxylic acids is 1. The van der Waals surface area contributed by atoms with Gasteiger partial charge in [-0.2, -0.15) is 9.50 Å². The first-order chi connectivity index (χ1) is 13.9. The van der Waals surface area contributed by atoms with E-state index < -0.39 is 0 Å². The number of rotatable bonds is 2. The molecule has 3 aromatic heterocycles. The molecule has 2 N–H and O–H groups in total. The standard InChI is InChI=1S/C21H22N6O2/c1-11-12(2)22-21-24-17(25-27(21)20(11)29)10-18(28)26-9-8-15-14-6-4-5-7-16(14)23-19(15)13(26)3/h4-7,13,23H,8-10H2,1-3H3,(H,22,24,25). The first kappa shape index (κ1) is 17.7. The number of aromatic amines is 2. The summed E-state index contributed by atoms with van der Waals surface area (Å²) in [5.41, 5.74) is 4.53.